The fourth-order valence-corrected chi connectivity index (χ4v) is 2.25. The maximum Gasteiger partial charge on any atom is 0.191 e. The van der Waals surface area contributed by atoms with Crippen LogP contribution in [0, 0.1) is 5.92 Å². The lowest BCUT2D eigenvalue weighted by atomic mass is 10.1. The molecule has 1 aliphatic rings. The van der Waals surface area contributed by atoms with Gasteiger partial charge in [0.1, 0.15) is 0 Å². The van der Waals surface area contributed by atoms with Crippen LogP contribution in [-0.4, -0.2) is 32.8 Å². The lowest BCUT2D eigenvalue weighted by molar-refractivity contribution is 0.186. The molecule has 0 bridgehead atoms. The number of hydrogen-bond donors (Lipinski definition) is 2. The van der Waals surface area contributed by atoms with Gasteiger partial charge in [-0.15, -0.1) is 24.0 Å². The minimum absolute atomic E-state index is 0. The highest BCUT2D eigenvalue weighted by atomic mass is 127. The van der Waals surface area contributed by atoms with Crippen molar-refractivity contribution < 1.29 is 4.74 Å². The van der Waals surface area contributed by atoms with E-state index in [9.17, 15) is 0 Å². The zero-order chi connectivity index (χ0) is 13.5. The van der Waals surface area contributed by atoms with Crippen molar-refractivity contribution in [2.24, 2.45) is 10.9 Å². The number of nitrogens with zero attached hydrogens (tertiary/aromatic N) is 1. The Hall–Kier alpha value is -0.530. The Balaban J connectivity index is 0.00000200. The van der Waals surface area contributed by atoms with Gasteiger partial charge >= 0.3 is 0 Å². The molecule has 0 aromatic heterocycles. The lowest BCUT2D eigenvalue weighted by Gasteiger charge is -2.14. The molecule has 1 saturated heterocycles. The summed E-state index contributed by atoms with van der Waals surface area (Å²) in [5.74, 6) is 1.40. The molecule has 2 N–H and O–H groups in total. The average Bonchev–Trinajstić information content (AvgIpc) is 2.92. The standard InChI is InChI=1S/C14H20ClN3O.HI/c1-16-14(18-9-12-5-6-19-10-12)17-8-11-3-2-4-13(15)7-11;/h2-4,7,12H,5-6,8-10H2,1H3,(H2,16,17,18);1H. The third-order valence-electron chi connectivity index (χ3n) is 3.15. The largest absolute Gasteiger partial charge is 0.381 e. The number of rotatable bonds is 4. The van der Waals surface area contributed by atoms with Crippen LogP contribution in [0.1, 0.15) is 12.0 Å². The van der Waals surface area contributed by atoms with Crippen LogP contribution in [0.25, 0.3) is 0 Å². The number of guanidine groups is 1. The van der Waals surface area contributed by atoms with Gasteiger partial charge in [-0.1, -0.05) is 23.7 Å². The van der Waals surface area contributed by atoms with Gasteiger partial charge < -0.3 is 15.4 Å². The van der Waals surface area contributed by atoms with E-state index in [-0.39, 0.29) is 24.0 Å². The fraction of sp³-hybridized carbons (Fsp3) is 0.500. The summed E-state index contributed by atoms with van der Waals surface area (Å²) in [6.07, 6.45) is 1.12. The molecule has 1 fully saturated rings. The summed E-state index contributed by atoms with van der Waals surface area (Å²) >= 11 is 5.95. The number of hydrogen-bond acceptors (Lipinski definition) is 2. The van der Waals surface area contributed by atoms with E-state index in [1.807, 2.05) is 24.3 Å². The molecule has 1 heterocycles. The van der Waals surface area contributed by atoms with Crippen LogP contribution in [0.4, 0.5) is 0 Å². The van der Waals surface area contributed by atoms with Crippen molar-refractivity contribution in [1.29, 1.82) is 0 Å². The zero-order valence-corrected chi connectivity index (χ0v) is 14.7. The Kier molecular flexibility index (Phi) is 8.25. The third kappa shape index (κ3) is 5.85. The molecule has 20 heavy (non-hydrogen) atoms. The van der Waals surface area contributed by atoms with Crippen LogP contribution in [0.2, 0.25) is 5.02 Å². The minimum atomic E-state index is 0. The minimum Gasteiger partial charge on any atom is -0.381 e. The molecule has 0 saturated carbocycles. The van der Waals surface area contributed by atoms with Crippen molar-refractivity contribution in [2.45, 2.75) is 13.0 Å². The van der Waals surface area contributed by atoms with Crippen LogP contribution < -0.4 is 10.6 Å². The molecule has 6 heteroatoms. The second-order valence-electron chi connectivity index (χ2n) is 4.67. The first-order valence-electron chi connectivity index (χ1n) is 6.54. The number of halogens is 2. The highest BCUT2D eigenvalue weighted by molar-refractivity contribution is 14.0. The molecule has 0 radical (unpaired) electrons. The lowest BCUT2D eigenvalue weighted by Crippen LogP contribution is -2.39. The Morgan fingerprint density at radius 1 is 1.45 bits per heavy atom. The number of ether oxygens (including phenoxy) is 1. The first-order valence-corrected chi connectivity index (χ1v) is 6.92. The molecule has 0 spiro atoms. The summed E-state index contributed by atoms with van der Waals surface area (Å²) in [7, 11) is 1.78. The van der Waals surface area contributed by atoms with Crippen LogP contribution >= 0.6 is 35.6 Å². The van der Waals surface area contributed by atoms with E-state index < -0.39 is 0 Å². The maximum absolute atomic E-state index is 5.95. The predicted octanol–water partition coefficient (Wildman–Crippen LogP) is 2.66. The van der Waals surface area contributed by atoms with Crippen molar-refractivity contribution in [3.05, 3.63) is 34.9 Å². The molecular weight excluding hydrogens is 389 g/mol. The van der Waals surface area contributed by atoms with E-state index in [1.54, 1.807) is 7.05 Å². The van der Waals surface area contributed by atoms with Crippen molar-refractivity contribution >= 4 is 41.5 Å². The number of nitrogens with one attached hydrogen (secondary N) is 2. The summed E-state index contributed by atoms with van der Waals surface area (Å²) in [6.45, 7) is 3.33. The van der Waals surface area contributed by atoms with Crippen molar-refractivity contribution in [1.82, 2.24) is 10.6 Å². The Morgan fingerprint density at radius 2 is 2.30 bits per heavy atom. The quantitative estimate of drug-likeness (QED) is 0.457. The van der Waals surface area contributed by atoms with Crippen molar-refractivity contribution in [2.75, 3.05) is 26.8 Å². The summed E-state index contributed by atoms with van der Waals surface area (Å²) < 4.78 is 5.35. The monoisotopic (exact) mass is 409 g/mol. The van der Waals surface area contributed by atoms with E-state index in [0.29, 0.717) is 12.5 Å². The van der Waals surface area contributed by atoms with Crippen LogP contribution in [0.15, 0.2) is 29.3 Å². The molecule has 1 aromatic carbocycles. The molecule has 1 atom stereocenters. The van der Waals surface area contributed by atoms with Crippen molar-refractivity contribution in [3.8, 4) is 0 Å². The predicted molar refractivity (Wildman–Crippen MR) is 94.0 cm³/mol. The summed E-state index contributed by atoms with van der Waals surface area (Å²) in [6, 6.07) is 7.81. The van der Waals surface area contributed by atoms with Gasteiger partial charge in [-0.05, 0) is 24.1 Å². The maximum atomic E-state index is 5.95. The van der Waals surface area contributed by atoms with Crippen molar-refractivity contribution in [3.63, 3.8) is 0 Å². The first kappa shape index (κ1) is 17.5. The summed E-state index contributed by atoms with van der Waals surface area (Å²) in [5, 5.41) is 7.35. The molecule has 4 nitrogen and oxygen atoms in total. The Morgan fingerprint density at radius 3 is 2.95 bits per heavy atom. The zero-order valence-electron chi connectivity index (χ0n) is 11.6. The smallest absolute Gasteiger partial charge is 0.191 e. The van der Waals surface area contributed by atoms with E-state index >= 15 is 0 Å². The van der Waals surface area contributed by atoms with Gasteiger partial charge in [0.25, 0.3) is 0 Å². The molecule has 1 aromatic rings. The van der Waals surface area contributed by atoms with Gasteiger partial charge in [-0.2, -0.15) is 0 Å². The normalized spacial score (nSPS) is 18.5. The van der Waals surface area contributed by atoms with E-state index in [4.69, 9.17) is 16.3 Å². The average molecular weight is 410 g/mol. The Labute approximate surface area is 142 Å². The number of aliphatic imine (C=N–C) groups is 1. The van der Waals surface area contributed by atoms with Gasteiger partial charge in [0.2, 0.25) is 0 Å². The van der Waals surface area contributed by atoms with Gasteiger partial charge in [0, 0.05) is 37.7 Å². The topological polar surface area (TPSA) is 45.7 Å². The van der Waals surface area contributed by atoms with E-state index in [1.165, 1.54) is 0 Å². The fourth-order valence-electron chi connectivity index (χ4n) is 2.04. The number of benzene rings is 1. The summed E-state index contributed by atoms with van der Waals surface area (Å²) in [4.78, 5) is 4.21. The third-order valence-corrected chi connectivity index (χ3v) is 3.39. The molecule has 1 unspecified atom stereocenters. The molecule has 112 valence electrons. The van der Waals surface area contributed by atoms with Crippen LogP contribution in [0.3, 0.4) is 0 Å². The second-order valence-corrected chi connectivity index (χ2v) is 5.10. The van der Waals surface area contributed by atoms with Crippen LogP contribution in [-0.2, 0) is 11.3 Å². The van der Waals surface area contributed by atoms with Gasteiger partial charge in [0.15, 0.2) is 5.96 Å². The molecule has 2 rings (SSSR count). The van der Waals surface area contributed by atoms with Gasteiger partial charge in [-0.3, -0.25) is 4.99 Å². The van der Waals surface area contributed by atoms with Gasteiger partial charge in [-0.25, -0.2) is 0 Å². The molecule has 1 aliphatic heterocycles. The second kappa shape index (κ2) is 9.41. The van der Waals surface area contributed by atoms with E-state index in [0.717, 1.165) is 42.7 Å². The Bertz CT molecular complexity index is 436. The van der Waals surface area contributed by atoms with Gasteiger partial charge in [0.05, 0.1) is 6.61 Å². The summed E-state index contributed by atoms with van der Waals surface area (Å²) in [5.41, 5.74) is 1.14. The molecule has 0 amide bonds. The SMILES string of the molecule is CN=C(NCc1cccc(Cl)c1)NCC1CCOC1.I. The first-order chi connectivity index (χ1) is 9.28. The molecule has 0 aliphatic carbocycles. The molecular formula is C14H21ClIN3O. The van der Waals surface area contributed by atoms with Crippen LogP contribution in [0.5, 0.6) is 0 Å². The highest BCUT2D eigenvalue weighted by Gasteiger charge is 2.15. The highest BCUT2D eigenvalue weighted by Crippen LogP contribution is 2.11. The van der Waals surface area contributed by atoms with E-state index in [2.05, 4.69) is 15.6 Å².